The van der Waals surface area contributed by atoms with Gasteiger partial charge in [0.15, 0.2) is 17.5 Å². The Labute approximate surface area is 302 Å². The number of hydrogen-bond donors (Lipinski definition) is 0. The Balaban J connectivity index is 1.15. The lowest BCUT2D eigenvalue weighted by molar-refractivity contribution is 0.656. The first-order valence-electron chi connectivity index (χ1n) is 17.7. The van der Waals surface area contributed by atoms with Crippen LogP contribution in [0.3, 0.4) is 0 Å². The van der Waals surface area contributed by atoms with Crippen LogP contribution >= 0.6 is 0 Å². The Hall–Kier alpha value is -6.65. The summed E-state index contributed by atoms with van der Waals surface area (Å²) in [7, 11) is 0. The van der Waals surface area contributed by atoms with Crippen LogP contribution in [0.2, 0.25) is 0 Å². The molecule has 4 heteroatoms. The van der Waals surface area contributed by atoms with E-state index in [-0.39, 0.29) is 5.41 Å². The predicted molar refractivity (Wildman–Crippen MR) is 212 cm³/mol. The summed E-state index contributed by atoms with van der Waals surface area (Å²) in [6, 6.07) is 57.1. The second-order valence-corrected chi connectivity index (χ2v) is 14.0. The zero-order chi connectivity index (χ0) is 34.8. The highest BCUT2D eigenvalue weighted by atomic mass is 16.3. The Morgan fingerprint density at radius 1 is 0.404 bits per heavy atom. The summed E-state index contributed by atoms with van der Waals surface area (Å²) in [6.45, 7) is 4.62. The van der Waals surface area contributed by atoms with Gasteiger partial charge in [-0.1, -0.05) is 147 Å². The number of nitrogens with zero attached hydrogens (tertiary/aromatic N) is 3. The van der Waals surface area contributed by atoms with E-state index in [0.29, 0.717) is 17.5 Å². The van der Waals surface area contributed by atoms with Gasteiger partial charge in [0.2, 0.25) is 0 Å². The smallest absolute Gasteiger partial charge is 0.164 e. The minimum atomic E-state index is -0.236. The van der Waals surface area contributed by atoms with E-state index < -0.39 is 0 Å². The fourth-order valence-corrected chi connectivity index (χ4v) is 7.88. The molecule has 7 aromatic carbocycles. The van der Waals surface area contributed by atoms with Gasteiger partial charge in [0.1, 0.15) is 11.2 Å². The van der Waals surface area contributed by atoms with E-state index in [2.05, 4.69) is 153 Å². The number of benzene rings is 7. The molecule has 4 nitrogen and oxygen atoms in total. The first-order valence-corrected chi connectivity index (χ1v) is 17.7. The number of hydrogen-bond acceptors (Lipinski definition) is 4. The van der Waals surface area contributed by atoms with Gasteiger partial charge in [-0.15, -0.1) is 0 Å². The van der Waals surface area contributed by atoms with Crippen LogP contribution < -0.4 is 0 Å². The van der Waals surface area contributed by atoms with Crippen LogP contribution in [0.5, 0.6) is 0 Å². The molecule has 1 aliphatic carbocycles. The van der Waals surface area contributed by atoms with Crippen molar-refractivity contribution in [1.29, 1.82) is 0 Å². The zero-order valence-corrected chi connectivity index (χ0v) is 28.8. The topological polar surface area (TPSA) is 51.8 Å². The summed E-state index contributed by atoms with van der Waals surface area (Å²) >= 11 is 0. The molecule has 0 fully saturated rings. The summed E-state index contributed by atoms with van der Waals surface area (Å²) in [4.78, 5) is 15.5. The second kappa shape index (κ2) is 11.7. The Kier molecular flexibility index (Phi) is 6.80. The standard InChI is InChI=1S/C48H33N3O/c1-48(2)39-25-26-42-44(38-21-9-10-22-41(38)52-42)43(39)37-24-23-36(29-40(37)48)47-50-45(34-19-11-17-32(27-34)30-13-5-3-6-14-30)49-46(51-47)35-20-12-18-33(28-35)31-15-7-4-8-16-31/h3-29H,1-2H3. The monoisotopic (exact) mass is 667 g/mol. The molecular formula is C48H33N3O. The van der Waals surface area contributed by atoms with Crippen molar-refractivity contribution < 1.29 is 4.42 Å². The van der Waals surface area contributed by atoms with Gasteiger partial charge in [0, 0.05) is 32.9 Å². The maximum Gasteiger partial charge on any atom is 0.164 e. The van der Waals surface area contributed by atoms with Gasteiger partial charge in [-0.25, -0.2) is 15.0 Å². The van der Waals surface area contributed by atoms with Crippen LogP contribution in [0.15, 0.2) is 168 Å². The van der Waals surface area contributed by atoms with Gasteiger partial charge in [0.05, 0.1) is 0 Å². The van der Waals surface area contributed by atoms with Crippen molar-refractivity contribution in [3.8, 4) is 67.5 Å². The van der Waals surface area contributed by atoms with Crippen LogP contribution in [0.25, 0.3) is 89.5 Å². The minimum Gasteiger partial charge on any atom is -0.456 e. The first-order chi connectivity index (χ1) is 25.5. The van der Waals surface area contributed by atoms with Crippen molar-refractivity contribution in [3.05, 3.63) is 175 Å². The van der Waals surface area contributed by atoms with Gasteiger partial charge >= 0.3 is 0 Å². The lowest BCUT2D eigenvalue weighted by Gasteiger charge is -2.22. The average Bonchev–Trinajstić information content (AvgIpc) is 3.70. The number of aromatic nitrogens is 3. The van der Waals surface area contributed by atoms with E-state index in [1.165, 1.54) is 27.6 Å². The molecule has 9 aromatic rings. The van der Waals surface area contributed by atoms with Crippen LogP contribution in [0.4, 0.5) is 0 Å². The number of para-hydroxylation sites is 1. The van der Waals surface area contributed by atoms with Crippen molar-refractivity contribution in [3.63, 3.8) is 0 Å². The van der Waals surface area contributed by atoms with Crippen molar-refractivity contribution in [2.75, 3.05) is 0 Å². The predicted octanol–water partition coefficient (Wildman–Crippen LogP) is 12.4. The molecule has 246 valence electrons. The van der Waals surface area contributed by atoms with E-state index >= 15 is 0 Å². The van der Waals surface area contributed by atoms with E-state index in [1.807, 2.05) is 24.3 Å². The van der Waals surface area contributed by atoms with Crippen molar-refractivity contribution >= 4 is 21.9 Å². The third-order valence-electron chi connectivity index (χ3n) is 10.5. The van der Waals surface area contributed by atoms with Gasteiger partial charge in [-0.05, 0) is 74.8 Å². The molecule has 52 heavy (non-hydrogen) atoms. The summed E-state index contributed by atoms with van der Waals surface area (Å²) in [5.74, 6) is 1.92. The number of furan rings is 1. The largest absolute Gasteiger partial charge is 0.456 e. The van der Waals surface area contributed by atoms with Crippen LogP contribution in [0.1, 0.15) is 25.0 Å². The molecule has 0 unspecified atom stereocenters. The molecule has 0 spiro atoms. The number of rotatable bonds is 5. The number of fused-ring (bicyclic) bond motifs is 7. The maximum absolute atomic E-state index is 6.31. The molecule has 0 N–H and O–H groups in total. The van der Waals surface area contributed by atoms with Gasteiger partial charge in [-0.2, -0.15) is 0 Å². The molecule has 2 aromatic heterocycles. The molecule has 0 amide bonds. The maximum atomic E-state index is 6.31. The summed E-state index contributed by atoms with van der Waals surface area (Å²) in [6.07, 6.45) is 0. The zero-order valence-electron chi connectivity index (χ0n) is 28.8. The van der Waals surface area contributed by atoms with Crippen molar-refractivity contribution in [2.45, 2.75) is 19.3 Å². The van der Waals surface area contributed by atoms with Gasteiger partial charge in [-0.3, -0.25) is 0 Å². The summed E-state index contributed by atoms with van der Waals surface area (Å²) < 4.78 is 6.31. The molecule has 0 radical (unpaired) electrons. The van der Waals surface area contributed by atoms with Gasteiger partial charge in [0.25, 0.3) is 0 Å². The van der Waals surface area contributed by atoms with Gasteiger partial charge < -0.3 is 4.42 Å². The molecule has 0 saturated carbocycles. The van der Waals surface area contributed by atoms with Crippen LogP contribution in [-0.4, -0.2) is 15.0 Å². The van der Waals surface area contributed by atoms with Crippen molar-refractivity contribution in [2.24, 2.45) is 0 Å². The van der Waals surface area contributed by atoms with E-state index in [1.54, 1.807) is 0 Å². The van der Waals surface area contributed by atoms with Crippen molar-refractivity contribution in [1.82, 2.24) is 15.0 Å². The highest BCUT2D eigenvalue weighted by Gasteiger charge is 2.38. The fraction of sp³-hybridized carbons (Fsp3) is 0.0625. The third kappa shape index (κ3) is 4.87. The molecule has 10 rings (SSSR count). The lowest BCUT2D eigenvalue weighted by Crippen LogP contribution is -2.15. The highest BCUT2D eigenvalue weighted by molar-refractivity contribution is 6.15. The summed E-state index contributed by atoms with van der Waals surface area (Å²) in [5.41, 5.74) is 14.0. The molecular weight excluding hydrogens is 635 g/mol. The normalized spacial score (nSPS) is 13.0. The van der Waals surface area contributed by atoms with E-state index in [4.69, 9.17) is 19.4 Å². The molecule has 0 saturated heterocycles. The highest BCUT2D eigenvalue weighted by Crippen LogP contribution is 2.53. The lowest BCUT2D eigenvalue weighted by atomic mass is 9.81. The Bertz CT molecular complexity index is 2720. The van der Waals surface area contributed by atoms with Crippen LogP contribution in [0, 0.1) is 0 Å². The molecule has 0 atom stereocenters. The first kappa shape index (κ1) is 30.2. The molecule has 0 bridgehead atoms. The molecule has 1 aliphatic rings. The molecule has 0 aliphatic heterocycles. The third-order valence-corrected chi connectivity index (χ3v) is 10.5. The van der Waals surface area contributed by atoms with Crippen LogP contribution in [-0.2, 0) is 5.41 Å². The molecule has 2 heterocycles. The average molecular weight is 668 g/mol. The SMILES string of the molecule is CC1(C)c2cc(-c3nc(-c4cccc(-c5ccccc5)c4)nc(-c4cccc(-c5ccccc5)c4)n3)ccc2-c2c1ccc1oc3ccccc3c21. The summed E-state index contributed by atoms with van der Waals surface area (Å²) in [5, 5.41) is 2.32. The fourth-order valence-electron chi connectivity index (χ4n) is 7.88. The second-order valence-electron chi connectivity index (χ2n) is 14.0. The Morgan fingerprint density at radius 2 is 0.923 bits per heavy atom. The quantitative estimate of drug-likeness (QED) is 0.183. The minimum absolute atomic E-state index is 0.236. The van der Waals surface area contributed by atoms with E-state index in [0.717, 1.165) is 55.5 Å². The Morgan fingerprint density at radius 3 is 1.54 bits per heavy atom. The van der Waals surface area contributed by atoms with E-state index in [9.17, 15) is 0 Å².